The van der Waals surface area contributed by atoms with Gasteiger partial charge in [-0.05, 0) is 63.8 Å². The number of benzene rings is 4. The molecule has 4 amide bonds. The zero-order valence-electron chi connectivity index (χ0n) is 31.3. The van der Waals surface area contributed by atoms with Crippen LogP contribution in [0.2, 0.25) is 0 Å². The van der Waals surface area contributed by atoms with E-state index < -0.39 is 68.8 Å². The average molecular weight is 833 g/mol. The summed E-state index contributed by atoms with van der Waals surface area (Å²) in [6.45, 7) is 0.462. The third-order valence-corrected chi connectivity index (χ3v) is 11.4. The first-order valence-corrected chi connectivity index (χ1v) is 21.6. The Morgan fingerprint density at radius 3 is 1.48 bits per heavy atom. The molecule has 17 heteroatoms. The minimum atomic E-state index is -4.84. The zero-order valence-corrected chi connectivity index (χ0v) is 32.9. The maximum absolute atomic E-state index is 13.2. The fraction of sp³-hybridized carbons (Fsp3) is 0.317. The molecule has 0 bridgehead atoms. The molecule has 0 aliphatic heterocycles. The summed E-state index contributed by atoms with van der Waals surface area (Å²) in [6.07, 6.45) is -0.125. The van der Waals surface area contributed by atoms with Crippen LogP contribution >= 0.6 is 0 Å². The van der Waals surface area contributed by atoms with Gasteiger partial charge in [-0.15, -0.1) is 0 Å². The van der Waals surface area contributed by atoms with Crippen LogP contribution in [0.4, 0.5) is 9.59 Å². The molecule has 0 heterocycles. The number of fused-ring (bicyclic) bond motifs is 6. The Bertz CT molecular complexity index is 2200. The maximum Gasteiger partial charge on any atom is 0.407 e. The molecular weight excluding hydrogens is 789 g/mol. The lowest BCUT2D eigenvalue weighted by molar-refractivity contribution is -0.129. The lowest BCUT2D eigenvalue weighted by Gasteiger charge is -2.22. The van der Waals surface area contributed by atoms with Crippen LogP contribution in [-0.4, -0.2) is 95.6 Å². The molecule has 58 heavy (non-hydrogen) atoms. The van der Waals surface area contributed by atoms with E-state index in [9.17, 15) is 40.9 Å². The Kier molecular flexibility index (Phi) is 13.9. The quantitative estimate of drug-likeness (QED) is 0.0471. The summed E-state index contributed by atoms with van der Waals surface area (Å²) in [5.41, 5.74) is 8.25. The number of ether oxygens (including phenoxy) is 2. The summed E-state index contributed by atoms with van der Waals surface area (Å²) >= 11 is -2.56. The Morgan fingerprint density at radius 1 is 0.603 bits per heavy atom. The molecule has 0 spiro atoms. The van der Waals surface area contributed by atoms with Gasteiger partial charge >= 0.3 is 12.2 Å². The Morgan fingerprint density at radius 2 is 1.03 bits per heavy atom. The van der Waals surface area contributed by atoms with Crippen molar-refractivity contribution in [1.82, 2.24) is 21.3 Å². The SMILES string of the molecule is O=C(NCCCCCNC(=O)C(CS(=O)O)NC(=O)C(CS(=O)(=O)O)NC(=O)OCC1c2ccccc2-c2ccccc21)OCC1c2ccccc2-c2ccccc21. The van der Waals surface area contributed by atoms with Gasteiger partial charge in [0.25, 0.3) is 10.1 Å². The first-order valence-electron chi connectivity index (χ1n) is 18.7. The summed E-state index contributed by atoms with van der Waals surface area (Å²) in [5, 5.41) is 9.63. The molecule has 3 atom stereocenters. The number of hydrogen-bond donors (Lipinski definition) is 6. The number of amides is 4. The molecule has 0 saturated carbocycles. The van der Waals surface area contributed by atoms with Crippen molar-refractivity contribution >= 4 is 45.2 Å². The second-order valence-corrected chi connectivity index (χ2v) is 16.4. The van der Waals surface area contributed by atoms with E-state index in [0.29, 0.717) is 25.8 Å². The topological polar surface area (TPSA) is 227 Å². The molecule has 4 aromatic rings. The summed E-state index contributed by atoms with van der Waals surface area (Å²) in [6, 6.07) is 27.7. The van der Waals surface area contributed by atoms with Gasteiger partial charge < -0.3 is 35.3 Å². The molecule has 2 aliphatic rings. The smallest absolute Gasteiger partial charge is 0.407 e. The molecule has 306 valence electrons. The van der Waals surface area contributed by atoms with E-state index in [2.05, 4.69) is 33.4 Å². The van der Waals surface area contributed by atoms with E-state index >= 15 is 0 Å². The molecule has 2 aliphatic carbocycles. The number of alkyl carbamates (subject to hydrolysis) is 2. The van der Waals surface area contributed by atoms with Gasteiger partial charge in [0.1, 0.15) is 31.1 Å². The summed E-state index contributed by atoms with van der Waals surface area (Å²) < 4.78 is 65.3. The molecule has 4 aromatic carbocycles. The zero-order chi connectivity index (χ0) is 41.2. The number of hydrogen-bond acceptors (Lipinski definition) is 9. The molecule has 3 unspecified atom stereocenters. The minimum absolute atomic E-state index is 0.0650. The fourth-order valence-corrected chi connectivity index (χ4v) is 8.55. The van der Waals surface area contributed by atoms with Gasteiger partial charge in [0.15, 0.2) is 11.1 Å². The molecule has 0 fully saturated rings. The van der Waals surface area contributed by atoms with Gasteiger partial charge in [0.05, 0.1) is 5.75 Å². The number of unbranched alkanes of at least 4 members (excludes halogenated alkanes) is 2. The van der Waals surface area contributed by atoms with Crippen LogP contribution in [0, 0.1) is 0 Å². The van der Waals surface area contributed by atoms with Crippen LogP contribution in [0.1, 0.15) is 53.4 Å². The highest BCUT2D eigenvalue weighted by Crippen LogP contribution is 2.45. The van der Waals surface area contributed by atoms with E-state index in [1.165, 1.54) is 0 Å². The summed E-state index contributed by atoms with van der Waals surface area (Å²) in [4.78, 5) is 51.5. The van der Waals surface area contributed by atoms with E-state index in [1.807, 2.05) is 84.9 Å². The second kappa shape index (κ2) is 19.2. The van der Waals surface area contributed by atoms with Crippen molar-refractivity contribution in [1.29, 1.82) is 0 Å². The molecule has 0 aromatic heterocycles. The van der Waals surface area contributed by atoms with Crippen molar-refractivity contribution in [3.8, 4) is 22.3 Å². The Balaban J connectivity index is 0.931. The van der Waals surface area contributed by atoms with Crippen molar-refractivity contribution in [2.24, 2.45) is 0 Å². The van der Waals surface area contributed by atoms with Gasteiger partial charge in [-0.1, -0.05) is 97.1 Å². The molecule has 6 rings (SSSR count). The van der Waals surface area contributed by atoms with E-state index in [4.69, 9.17) is 9.47 Å². The van der Waals surface area contributed by atoms with Crippen LogP contribution in [0.25, 0.3) is 22.3 Å². The van der Waals surface area contributed by atoms with Gasteiger partial charge in [0.2, 0.25) is 11.8 Å². The van der Waals surface area contributed by atoms with Gasteiger partial charge in [0, 0.05) is 24.9 Å². The van der Waals surface area contributed by atoms with Gasteiger partial charge in [-0.2, -0.15) is 8.42 Å². The predicted octanol–water partition coefficient (Wildman–Crippen LogP) is 4.31. The highest BCUT2D eigenvalue weighted by atomic mass is 32.2. The monoisotopic (exact) mass is 832 g/mol. The van der Waals surface area contributed by atoms with Crippen LogP contribution in [0.15, 0.2) is 97.1 Å². The normalized spacial score (nSPS) is 14.4. The molecule has 0 radical (unpaired) electrons. The third kappa shape index (κ3) is 10.7. The summed E-state index contributed by atoms with van der Waals surface area (Å²) in [7, 11) is -4.84. The first kappa shape index (κ1) is 42.0. The number of nitrogens with one attached hydrogen (secondary N) is 4. The van der Waals surface area contributed by atoms with Crippen molar-refractivity contribution in [3.63, 3.8) is 0 Å². The summed E-state index contributed by atoms with van der Waals surface area (Å²) in [5.74, 6) is -4.45. The van der Waals surface area contributed by atoms with E-state index in [-0.39, 0.29) is 31.6 Å². The molecule has 0 saturated heterocycles. The highest BCUT2D eigenvalue weighted by Gasteiger charge is 2.33. The second-order valence-electron chi connectivity index (χ2n) is 13.9. The molecule has 15 nitrogen and oxygen atoms in total. The third-order valence-electron chi connectivity index (χ3n) is 10.0. The van der Waals surface area contributed by atoms with Gasteiger partial charge in [-0.3, -0.25) is 14.1 Å². The fourth-order valence-electron chi connectivity index (χ4n) is 7.38. The van der Waals surface area contributed by atoms with E-state index in [0.717, 1.165) is 44.5 Å². The Hall–Kier alpha value is -5.62. The maximum atomic E-state index is 13.2. The van der Waals surface area contributed by atoms with Crippen molar-refractivity contribution in [3.05, 3.63) is 119 Å². The lowest BCUT2D eigenvalue weighted by Crippen LogP contribution is -2.57. The number of carbonyl (C=O) groups excluding carboxylic acids is 4. The van der Waals surface area contributed by atoms with E-state index in [1.54, 1.807) is 0 Å². The van der Waals surface area contributed by atoms with Crippen LogP contribution < -0.4 is 21.3 Å². The van der Waals surface area contributed by atoms with Crippen LogP contribution in [0.5, 0.6) is 0 Å². The van der Waals surface area contributed by atoms with Gasteiger partial charge in [-0.25, -0.2) is 13.8 Å². The Labute approximate surface area is 338 Å². The highest BCUT2D eigenvalue weighted by molar-refractivity contribution is 7.85. The van der Waals surface area contributed by atoms with Crippen molar-refractivity contribution < 1.29 is 50.4 Å². The average Bonchev–Trinajstić information content (AvgIpc) is 3.69. The standard InChI is InChI=1S/C41H44N4O11S2/c46-38(42-20-10-1-11-21-43-40(48)55-22-34-30-16-6-2-12-26(30)27-13-3-7-17-31(27)34)36(24-57(50)51)44-39(47)37(25-58(52,53)54)45-41(49)56-23-35-32-18-8-4-14-28(32)29-15-5-9-19-33(29)35/h2-9,12-19,34-37H,1,10-11,20-25H2,(H,42,46)(H,43,48)(H,44,47)(H,45,49)(H,50,51)(H,52,53,54). The number of rotatable bonds is 18. The first-order chi connectivity index (χ1) is 27.9. The van der Waals surface area contributed by atoms with Crippen molar-refractivity contribution in [2.75, 3.05) is 37.8 Å². The van der Waals surface area contributed by atoms with Crippen LogP contribution in [0.3, 0.4) is 0 Å². The minimum Gasteiger partial charge on any atom is -0.449 e. The van der Waals surface area contributed by atoms with Crippen LogP contribution in [-0.2, 0) is 40.3 Å². The largest absolute Gasteiger partial charge is 0.449 e. The van der Waals surface area contributed by atoms with Crippen molar-refractivity contribution in [2.45, 2.75) is 43.2 Å². The molecule has 6 N–H and O–H groups in total. The molecular formula is C41H44N4O11S2. The number of carbonyl (C=O) groups is 4. The predicted molar refractivity (Wildman–Crippen MR) is 216 cm³/mol. The lowest BCUT2D eigenvalue weighted by atomic mass is 9.98.